The molecule has 0 aliphatic rings. The first-order chi connectivity index (χ1) is 13.0. The van der Waals surface area contributed by atoms with Gasteiger partial charge in [0.05, 0.1) is 23.2 Å². The smallest absolute Gasteiger partial charge is 0.232 e. The van der Waals surface area contributed by atoms with Crippen molar-refractivity contribution < 1.29 is 9.53 Å². The second-order valence-electron chi connectivity index (χ2n) is 6.37. The van der Waals surface area contributed by atoms with Crippen LogP contribution in [0.2, 0.25) is 5.02 Å². The Kier molecular flexibility index (Phi) is 6.66. The standard InChI is InChI=1S/C20H22ClN3O2S/c1-23(2)11-12-24(19(25)10-13-26-16-6-4-3-5-7-16)20-22-17-9-8-15(21)14-18(17)27-20/h3-9,14H,10-13H2,1-2H3. The van der Waals surface area contributed by atoms with Crippen LogP contribution in [0.3, 0.4) is 0 Å². The number of para-hydroxylation sites is 1. The van der Waals surface area contributed by atoms with E-state index in [9.17, 15) is 4.79 Å². The van der Waals surface area contributed by atoms with Gasteiger partial charge < -0.3 is 9.64 Å². The Morgan fingerprint density at radius 1 is 1.15 bits per heavy atom. The highest BCUT2D eigenvalue weighted by atomic mass is 35.5. The van der Waals surface area contributed by atoms with Crippen LogP contribution in [0.25, 0.3) is 10.2 Å². The number of nitrogens with zero attached hydrogens (tertiary/aromatic N) is 3. The molecule has 142 valence electrons. The molecular formula is C20H22ClN3O2S. The maximum atomic E-state index is 12.9. The number of likely N-dealkylation sites (N-methyl/N-ethyl adjacent to an activating group) is 1. The molecule has 5 nitrogen and oxygen atoms in total. The van der Waals surface area contributed by atoms with Gasteiger partial charge in [0.1, 0.15) is 5.75 Å². The van der Waals surface area contributed by atoms with Crippen molar-refractivity contribution in [2.24, 2.45) is 0 Å². The molecule has 0 aliphatic heterocycles. The summed E-state index contributed by atoms with van der Waals surface area (Å²) >= 11 is 7.55. The molecule has 3 rings (SSSR count). The highest BCUT2D eigenvalue weighted by molar-refractivity contribution is 7.22. The number of hydrogen-bond donors (Lipinski definition) is 0. The van der Waals surface area contributed by atoms with Crippen molar-refractivity contribution in [2.75, 3.05) is 38.7 Å². The van der Waals surface area contributed by atoms with Gasteiger partial charge in [-0.3, -0.25) is 9.69 Å². The van der Waals surface area contributed by atoms with E-state index in [0.717, 1.165) is 22.5 Å². The topological polar surface area (TPSA) is 45.7 Å². The van der Waals surface area contributed by atoms with E-state index in [2.05, 4.69) is 4.98 Å². The number of anilines is 1. The van der Waals surface area contributed by atoms with Crippen molar-refractivity contribution in [3.63, 3.8) is 0 Å². The van der Waals surface area contributed by atoms with Gasteiger partial charge in [-0.15, -0.1) is 0 Å². The van der Waals surface area contributed by atoms with E-state index < -0.39 is 0 Å². The number of carbonyl (C=O) groups excluding carboxylic acids is 1. The molecule has 0 aliphatic carbocycles. The van der Waals surface area contributed by atoms with Crippen molar-refractivity contribution in [1.29, 1.82) is 0 Å². The second kappa shape index (κ2) is 9.17. The Bertz CT molecular complexity index is 899. The predicted octanol–water partition coefficient (Wildman–Crippen LogP) is 4.31. The summed E-state index contributed by atoms with van der Waals surface area (Å²) in [4.78, 5) is 21.3. The predicted molar refractivity (Wildman–Crippen MR) is 112 cm³/mol. The lowest BCUT2D eigenvalue weighted by Crippen LogP contribution is -2.37. The first-order valence-corrected chi connectivity index (χ1v) is 9.91. The molecule has 0 radical (unpaired) electrons. The number of thiazole rings is 1. The Morgan fingerprint density at radius 2 is 1.93 bits per heavy atom. The Labute approximate surface area is 168 Å². The van der Waals surface area contributed by atoms with E-state index in [4.69, 9.17) is 16.3 Å². The lowest BCUT2D eigenvalue weighted by atomic mass is 10.3. The van der Waals surface area contributed by atoms with Crippen LogP contribution in [0, 0.1) is 0 Å². The quantitative estimate of drug-likeness (QED) is 0.562. The summed E-state index contributed by atoms with van der Waals surface area (Å²) in [6, 6.07) is 15.1. The number of hydrogen-bond acceptors (Lipinski definition) is 5. The molecule has 0 bridgehead atoms. The number of aromatic nitrogens is 1. The molecule has 0 saturated carbocycles. The molecule has 1 amide bonds. The molecular weight excluding hydrogens is 382 g/mol. The molecule has 0 atom stereocenters. The second-order valence-corrected chi connectivity index (χ2v) is 7.81. The third-order valence-electron chi connectivity index (χ3n) is 3.97. The molecule has 0 unspecified atom stereocenters. The normalized spacial score (nSPS) is 11.1. The van der Waals surface area contributed by atoms with Crippen molar-refractivity contribution in [2.45, 2.75) is 6.42 Å². The van der Waals surface area contributed by atoms with Gasteiger partial charge in [-0.1, -0.05) is 41.1 Å². The molecule has 2 aromatic carbocycles. The minimum absolute atomic E-state index is 0.00191. The van der Waals surface area contributed by atoms with Gasteiger partial charge in [-0.05, 0) is 44.4 Å². The van der Waals surface area contributed by atoms with Crippen LogP contribution in [0.1, 0.15) is 6.42 Å². The zero-order chi connectivity index (χ0) is 19.2. The van der Waals surface area contributed by atoms with E-state index in [1.54, 1.807) is 4.90 Å². The van der Waals surface area contributed by atoms with Crippen LogP contribution in [-0.4, -0.2) is 49.6 Å². The summed E-state index contributed by atoms with van der Waals surface area (Å²) in [7, 11) is 3.97. The molecule has 7 heteroatoms. The van der Waals surface area contributed by atoms with Gasteiger partial charge in [-0.25, -0.2) is 4.98 Å². The van der Waals surface area contributed by atoms with Crippen LogP contribution in [0.15, 0.2) is 48.5 Å². The molecule has 0 N–H and O–H groups in total. The van der Waals surface area contributed by atoms with Crippen molar-refractivity contribution in [3.8, 4) is 5.75 Å². The summed E-state index contributed by atoms with van der Waals surface area (Å²) in [6.07, 6.45) is 0.291. The largest absolute Gasteiger partial charge is 0.493 e. The van der Waals surface area contributed by atoms with E-state index in [-0.39, 0.29) is 5.91 Å². The summed E-state index contributed by atoms with van der Waals surface area (Å²) in [5, 5.41) is 1.36. The van der Waals surface area contributed by atoms with E-state index in [1.165, 1.54) is 11.3 Å². The van der Waals surface area contributed by atoms with Gasteiger partial charge in [0.2, 0.25) is 5.91 Å². The lowest BCUT2D eigenvalue weighted by molar-refractivity contribution is -0.119. The zero-order valence-electron chi connectivity index (χ0n) is 15.4. The molecule has 1 heterocycles. The monoisotopic (exact) mass is 403 g/mol. The fourth-order valence-corrected chi connectivity index (χ4v) is 3.82. The minimum Gasteiger partial charge on any atom is -0.493 e. The Hall–Kier alpha value is -2.15. The SMILES string of the molecule is CN(C)CCN(C(=O)CCOc1ccccc1)c1nc2ccc(Cl)cc2s1. The molecule has 0 spiro atoms. The van der Waals surface area contributed by atoms with Gasteiger partial charge in [0.25, 0.3) is 0 Å². The van der Waals surface area contributed by atoms with Crippen molar-refractivity contribution in [1.82, 2.24) is 9.88 Å². The van der Waals surface area contributed by atoms with Crippen LogP contribution >= 0.6 is 22.9 Å². The average Bonchev–Trinajstić information content (AvgIpc) is 3.05. The number of fused-ring (bicyclic) bond motifs is 1. The molecule has 1 aromatic heterocycles. The van der Waals surface area contributed by atoms with Crippen molar-refractivity contribution >= 4 is 44.2 Å². The van der Waals surface area contributed by atoms with Crippen LogP contribution in [0.4, 0.5) is 5.13 Å². The Morgan fingerprint density at radius 3 is 2.67 bits per heavy atom. The van der Waals surface area contributed by atoms with Crippen LogP contribution < -0.4 is 9.64 Å². The zero-order valence-corrected chi connectivity index (χ0v) is 17.0. The summed E-state index contributed by atoms with van der Waals surface area (Å²) in [5.74, 6) is 0.762. The van der Waals surface area contributed by atoms with Gasteiger partial charge in [0.15, 0.2) is 5.13 Å². The van der Waals surface area contributed by atoms with Gasteiger partial charge >= 0.3 is 0 Å². The maximum Gasteiger partial charge on any atom is 0.232 e. The lowest BCUT2D eigenvalue weighted by Gasteiger charge is -2.22. The fourth-order valence-electron chi connectivity index (χ4n) is 2.54. The van der Waals surface area contributed by atoms with Crippen molar-refractivity contribution in [3.05, 3.63) is 53.6 Å². The number of rotatable bonds is 8. The maximum absolute atomic E-state index is 12.9. The number of amides is 1. The first-order valence-electron chi connectivity index (χ1n) is 8.72. The van der Waals surface area contributed by atoms with E-state index >= 15 is 0 Å². The summed E-state index contributed by atoms with van der Waals surface area (Å²) < 4.78 is 6.64. The molecule has 0 fully saturated rings. The summed E-state index contributed by atoms with van der Waals surface area (Å²) in [5.41, 5.74) is 0.850. The number of halogens is 1. The van der Waals surface area contributed by atoms with Crippen LogP contribution in [0.5, 0.6) is 5.75 Å². The molecule has 27 heavy (non-hydrogen) atoms. The number of benzene rings is 2. The van der Waals surface area contributed by atoms with E-state index in [1.807, 2.05) is 67.5 Å². The third-order valence-corrected chi connectivity index (χ3v) is 5.25. The minimum atomic E-state index is -0.00191. The van der Waals surface area contributed by atoms with Gasteiger partial charge in [-0.2, -0.15) is 0 Å². The van der Waals surface area contributed by atoms with Gasteiger partial charge in [0, 0.05) is 18.1 Å². The molecule has 0 saturated heterocycles. The fraction of sp³-hybridized carbons (Fsp3) is 0.300. The first kappa shape index (κ1) is 19.6. The highest BCUT2D eigenvalue weighted by Crippen LogP contribution is 2.31. The van der Waals surface area contributed by atoms with E-state index in [0.29, 0.717) is 29.7 Å². The third kappa shape index (κ3) is 5.42. The average molecular weight is 404 g/mol. The highest BCUT2D eigenvalue weighted by Gasteiger charge is 2.20. The number of carbonyl (C=O) groups is 1. The summed E-state index contributed by atoms with van der Waals surface area (Å²) in [6.45, 7) is 1.66. The number of ether oxygens (including phenoxy) is 1. The van der Waals surface area contributed by atoms with Crippen LogP contribution in [-0.2, 0) is 4.79 Å². The Balaban J connectivity index is 1.71. The molecule has 3 aromatic rings.